The molecule has 0 spiro atoms. The first-order valence-corrected chi connectivity index (χ1v) is 8.25. The van der Waals surface area contributed by atoms with Gasteiger partial charge in [-0.05, 0) is 31.9 Å². The molecule has 0 saturated heterocycles. The highest BCUT2D eigenvalue weighted by molar-refractivity contribution is 5.97. The SMILES string of the molecule is COCCN(CC(=O)Nc1cc(C)on1)C(=O)Nc1c(C)cccc1C. The minimum absolute atomic E-state index is 0.133. The number of benzene rings is 1. The fourth-order valence-corrected chi connectivity index (χ4v) is 2.43. The van der Waals surface area contributed by atoms with E-state index in [4.69, 9.17) is 9.26 Å². The molecule has 0 atom stereocenters. The molecule has 8 heteroatoms. The maximum Gasteiger partial charge on any atom is 0.322 e. The van der Waals surface area contributed by atoms with Crippen molar-refractivity contribution in [2.45, 2.75) is 20.8 Å². The summed E-state index contributed by atoms with van der Waals surface area (Å²) in [7, 11) is 1.54. The molecule has 26 heavy (non-hydrogen) atoms. The molecule has 0 saturated carbocycles. The molecule has 1 aromatic heterocycles. The first-order chi connectivity index (χ1) is 12.4. The summed E-state index contributed by atoms with van der Waals surface area (Å²) in [6, 6.07) is 7.00. The van der Waals surface area contributed by atoms with Gasteiger partial charge in [0.2, 0.25) is 5.91 Å². The van der Waals surface area contributed by atoms with Crippen LogP contribution < -0.4 is 10.6 Å². The lowest BCUT2D eigenvalue weighted by atomic mass is 10.1. The van der Waals surface area contributed by atoms with Crippen LogP contribution in [0.2, 0.25) is 0 Å². The van der Waals surface area contributed by atoms with Crippen molar-refractivity contribution in [2.75, 3.05) is 37.4 Å². The van der Waals surface area contributed by atoms with E-state index in [-0.39, 0.29) is 25.0 Å². The maximum atomic E-state index is 12.7. The molecule has 8 nitrogen and oxygen atoms in total. The van der Waals surface area contributed by atoms with Crippen LogP contribution in [0.15, 0.2) is 28.8 Å². The predicted molar refractivity (Wildman–Crippen MR) is 98.3 cm³/mol. The van der Waals surface area contributed by atoms with Crippen LogP contribution in [0.25, 0.3) is 0 Å². The molecule has 0 fully saturated rings. The first-order valence-electron chi connectivity index (χ1n) is 8.25. The third-order valence-corrected chi connectivity index (χ3v) is 3.80. The van der Waals surface area contributed by atoms with Gasteiger partial charge in [-0.25, -0.2) is 4.79 Å². The Morgan fingerprint density at radius 3 is 2.46 bits per heavy atom. The highest BCUT2D eigenvalue weighted by Gasteiger charge is 2.19. The molecule has 0 radical (unpaired) electrons. The van der Waals surface area contributed by atoms with Crippen molar-refractivity contribution in [1.82, 2.24) is 10.1 Å². The van der Waals surface area contributed by atoms with Crippen molar-refractivity contribution in [2.24, 2.45) is 0 Å². The number of nitrogens with zero attached hydrogens (tertiary/aromatic N) is 2. The number of carbonyl (C=O) groups is 2. The summed E-state index contributed by atoms with van der Waals surface area (Å²) in [5.41, 5.74) is 2.65. The van der Waals surface area contributed by atoms with Gasteiger partial charge in [0, 0.05) is 25.4 Å². The topological polar surface area (TPSA) is 96.7 Å². The summed E-state index contributed by atoms with van der Waals surface area (Å²) in [6.45, 7) is 6.02. The number of carbonyl (C=O) groups excluding carboxylic acids is 2. The minimum atomic E-state index is -0.370. The Hall–Kier alpha value is -2.87. The Balaban J connectivity index is 2.05. The fraction of sp³-hybridized carbons (Fsp3) is 0.389. The molecule has 140 valence electrons. The Morgan fingerprint density at radius 2 is 1.88 bits per heavy atom. The number of rotatable bonds is 7. The molecular weight excluding hydrogens is 336 g/mol. The number of nitrogens with one attached hydrogen (secondary N) is 2. The van der Waals surface area contributed by atoms with Gasteiger partial charge < -0.3 is 24.8 Å². The van der Waals surface area contributed by atoms with E-state index >= 15 is 0 Å². The molecule has 2 rings (SSSR count). The molecule has 0 aliphatic rings. The van der Waals surface area contributed by atoms with Crippen LogP contribution in [0, 0.1) is 20.8 Å². The molecule has 0 bridgehead atoms. The zero-order valence-electron chi connectivity index (χ0n) is 15.5. The van der Waals surface area contributed by atoms with E-state index < -0.39 is 0 Å². The molecule has 1 heterocycles. The molecule has 1 aromatic carbocycles. The standard InChI is InChI=1S/C18H24N4O4/c1-12-6-5-7-13(2)17(12)20-18(24)22(8-9-25-4)11-16(23)19-15-10-14(3)26-21-15/h5-7,10H,8-9,11H2,1-4H3,(H,20,24)(H,19,21,23). The number of aryl methyl sites for hydroxylation is 3. The van der Waals surface area contributed by atoms with Crippen LogP contribution in [0.3, 0.4) is 0 Å². The molecule has 2 N–H and O–H groups in total. The fourth-order valence-electron chi connectivity index (χ4n) is 2.43. The van der Waals surface area contributed by atoms with Crippen LogP contribution in [0.5, 0.6) is 0 Å². The zero-order valence-corrected chi connectivity index (χ0v) is 15.5. The quantitative estimate of drug-likeness (QED) is 0.791. The van der Waals surface area contributed by atoms with Crippen molar-refractivity contribution in [1.29, 1.82) is 0 Å². The van der Waals surface area contributed by atoms with E-state index in [1.165, 1.54) is 4.90 Å². The highest BCUT2D eigenvalue weighted by atomic mass is 16.5. The van der Waals surface area contributed by atoms with E-state index in [0.717, 1.165) is 16.8 Å². The predicted octanol–water partition coefficient (Wildman–Crippen LogP) is 2.72. The Bertz CT molecular complexity index is 752. The summed E-state index contributed by atoms with van der Waals surface area (Å²) in [5.74, 6) is 0.532. The Labute approximate surface area is 152 Å². The van der Waals surface area contributed by atoms with Crippen molar-refractivity contribution in [3.05, 3.63) is 41.2 Å². The number of ether oxygens (including phenoxy) is 1. The summed E-state index contributed by atoms with van der Waals surface area (Å²) >= 11 is 0. The van der Waals surface area contributed by atoms with E-state index in [1.54, 1.807) is 20.1 Å². The highest BCUT2D eigenvalue weighted by Crippen LogP contribution is 2.20. The van der Waals surface area contributed by atoms with E-state index in [2.05, 4.69) is 15.8 Å². The number of methoxy groups -OCH3 is 1. The van der Waals surface area contributed by atoms with Crippen molar-refractivity contribution >= 4 is 23.4 Å². The van der Waals surface area contributed by atoms with Gasteiger partial charge in [-0.2, -0.15) is 0 Å². The normalized spacial score (nSPS) is 10.5. The number of urea groups is 1. The third-order valence-electron chi connectivity index (χ3n) is 3.80. The lowest BCUT2D eigenvalue weighted by molar-refractivity contribution is -0.116. The van der Waals surface area contributed by atoms with Gasteiger partial charge in [-0.15, -0.1) is 0 Å². The number of hydrogen-bond donors (Lipinski definition) is 2. The van der Waals surface area contributed by atoms with Crippen molar-refractivity contribution in [3.8, 4) is 0 Å². The van der Waals surface area contributed by atoms with Crippen LogP contribution in [0.1, 0.15) is 16.9 Å². The largest absolute Gasteiger partial charge is 0.383 e. The van der Waals surface area contributed by atoms with E-state index in [9.17, 15) is 9.59 Å². The van der Waals surface area contributed by atoms with Gasteiger partial charge in [-0.3, -0.25) is 4.79 Å². The average Bonchev–Trinajstić information content (AvgIpc) is 2.99. The molecule has 2 aromatic rings. The van der Waals surface area contributed by atoms with E-state index in [1.807, 2.05) is 32.0 Å². The first kappa shape index (κ1) is 19.5. The number of anilines is 2. The van der Waals surface area contributed by atoms with Crippen LogP contribution in [-0.2, 0) is 9.53 Å². The van der Waals surface area contributed by atoms with Gasteiger partial charge in [0.05, 0.1) is 6.61 Å². The summed E-state index contributed by atoms with van der Waals surface area (Å²) in [6.07, 6.45) is 0. The molecular formula is C18H24N4O4. The molecule has 0 unspecified atom stereocenters. The van der Waals surface area contributed by atoms with Crippen LogP contribution >= 0.6 is 0 Å². The molecule has 0 aliphatic carbocycles. The lowest BCUT2D eigenvalue weighted by Gasteiger charge is -2.23. The lowest BCUT2D eigenvalue weighted by Crippen LogP contribution is -2.42. The Kier molecular flexibility index (Phi) is 6.74. The monoisotopic (exact) mass is 360 g/mol. The molecule has 3 amide bonds. The second kappa shape index (κ2) is 9.00. The third kappa shape index (κ3) is 5.32. The van der Waals surface area contributed by atoms with Crippen LogP contribution in [-0.4, -0.2) is 48.8 Å². The number of aromatic nitrogens is 1. The van der Waals surface area contributed by atoms with Gasteiger partial charge >= 0.3 is 6.03 Å². The summed E-state index contributed by atoms with van der Waals surface area (Å²) in [5, 5.41) is 9.19. The average molecular weight is 360 g/mol. The van der Waals surface area contributed by atoms with Crippen molar-refractivity contribution < 1.29 is 18.8 Å². The number of amides is 3. The smallest absolute Gasteiger partial charge is 0.322 e. The van der Waals surface area contributed by atoms with Gasteiger partial charge in [-0.1, -0.05) is 23.4 Å². The Morgan fingerprint density at radius 1 is 1.19 bits per heavy atom. The van der Waals surface area contributed by atoms with E-state index in [0.29, 0.717) is 18.2 Å². The second-order valence-electron chi connectivity index (χ2n) is 5.98. The number of para-hydroxylation sites is 1. The number of hydrogen-bond acceptors (Lipinski definition) is 5. The minimum Gasteiger partial charge on any atom is -0.383 e. The second-order valence-corrected chi connectivity index (χ2v) is 5.98. The zero-order chi connectivity index (χ0) is 19.1. The van der Waals surface area contributed by atoms with Crippen molar-refractivity contribution in [3.63, 3.8) is 0 Å². The van der Waals surface area contributed by atoms with Crippen LogP contribution in [0.4, 0.5) is 16.3 Å². The summed E-state index contributed by atoms with van der Waals surface area (Å²) < 4.78 is 9.95. The van der Waals surface area contributed by atoms with Gasteiger partial charge in [0.15, 0.2) is 5.82 Å². The van der Waals surface area contributed by atoms with Gasteiger partial charge in [0.1, 0.15) is 12.3 Å². The molecule has 0 aliphatic heterocycles. The maximum absolute atomic E-state index is 12.7. The van der Waals surface area contributed by atoms with Gasteiger partial charge in [0.25, 0.3) is 0 Å². The summed E-state index contributed by atoms with van der Waals surface area (Å²) in [4.78, 5) is 26.3.